The number of rotatable bonds is 6. The molecule has 0 radical (unpaired) electrons. The van der Waals surface area contributed by atoms with Crippen LogP contribution in [0, 0.1) is 0 Å². The Morgan fingerprint density at radius 2 is 1.65 bits per heavy atom. The van der Waals surface area contributed by atoms with E-state index in [4.69, 9.17) is 4.74 Å². The predicted molar refractivity (Wildman–Crippen MR) is 101 cm³/mol. The second kappa shape index (κ2) is 8.11. The maximum absolute atomic E-state index is 12.4. The molecule has 0 spiro atoms. The quantitative estimate of drug-likeness (QED) is 0.710. The first kappa shape index (κ1) is 17.4. The number of hydrogen-bond acceptors (Lipinski definition) is 5. The molecule has 3 rings (SSSR count). The molecule has 6 nitrogen and oxygen atoms in total. The van der Waals surface area contributed by atoms with Gasteiger partial charge in [-0.3, -0.25) is 4.79 Å². The number of para-hydroxylation sites is 2. The van der Waals surface area contributed by atoms with Gasteiger partial charge in [0, 0.05) is 12.4 Å². The lowest BCUT2D eigenvalue weighted by atomic mass is 10.1. The van der Waals surface area contributed by atoms with Gasteiger partial charge in [-0.15, -0.1) is 0 Å². The predicted octanol–water partition coefficient (Wildman–Crippen LogP) is 3.72. The van der Waals surface area contributed by atoms with E-state index in [2.05, 4.69) is 20.6 Å². The molecule has 0 aliphatic rings. The van der Waals surface area contributed by atoms with Crippen LogP contribution in [0.2, 0.25) is 0 Å². The van der Waals surface area contributed by atoms with E-state index in [1.807, 2.05) is 61.5 Å². The van der Waals surface area contributed by atoms with Crippen molar-refractivity contribution in [2.24, 2.45) is 0 Å². The Kier molecular flexibility index (Phi) is 5.43. The minimum atomic E-state index is -0.217. The molecule has 1 heterocycles. The van der Waals surface area contributed by atoms with E-state index in [-0.39, 0.29) is 11.9 Å². The molecule has 1 aromatic heterocycles. The number of nitrogens with one attached hydrogen (secondary N) is 2. The van der Waals surface area contributed by atoms with Crippen LogP contribution < -0.4 is 15.4 Å². The van der Waals surface area contributed by atoms with Crippen LogP contribution in [0.5, 0.6) is 5.75 Å². The summed E-state index contributed by atoms with van der Waals surface area (Å²) in [4.78, 5) is 20.8. The topological polar surface area (TPSA) is 76.1 Å². The first-order chi connectivity index (χ1) is 12.7. The van der Waals surface area contributed by atoms with Crippen LogP contribution in [-0.4, -0.2) is 23.0 Å². The van der Waals surface area contributed by atoms with Gasteiger partial charge in [-0.25, -0.2) is 9.97 Å². The van der Waals surface area contributed by atoms with Crippen molar-refractivity contribution in [1.29, 1.82) is 0 Å². The van der Waals surface area contributed by atoms with Crippen molar-refractivity contribution < 1.29 is 9.53 Å². The highest BCUT2D eigenvalue weighted by atomic mass is 16.5. The van der Waals surface area contributed by atoms with Crippen molar-refractivity contribution in [2.75, 3.05) is 12.4 Å². The summed E-state index contributed by atoms with van der Waals surface area (Å²) in [6.45, 7) is 1.94. The molecule has 1 amide bonds. The standard InChI is InChI=1S/C20H20N4O2/c1-14(15-8-4-3-5-9-15)23-19(25)16-12-21-20(22-13-16)24-17-10-6-7-11-18(17)26-2/h3-14H,1-2H3,(H,23,25)(H,21,22,24). The third-order valence-corrected chi connectivity index (χ3v) is 3.91. The van der Waals surface area contributed by atoms with Crippen molar-refractivity contribution in [3.05, 3.63) is 78.1 Å². The van der Waals surface area contributed by atoms with Crippen LogP contribution in [0.15, 0.2) is 67.0 Å². The zero-order valence-corrected chi connectivity index (χ0v) is 14.6. The summed E-state index contributed by atoms with van der Waals surface area (Å²) in [7, 11) is 1.60. The van der Waals surface area contributed by atoms with Gasteiger partial charge in [-0.1, -0.05) is 42.5 Å². The SMILES string of the molecule is COc1ccccc1Nc1ncc(C(=O)NC(C)c2ccccc2)cn1. The Bertz CT molecular complexity index is 866. The molecule has 0 fully saturated rings. The average molecular weight is 348 g/mol. The van der Waals surface area contributed by atoms with Crippen LogP contribution in [0.25, 0.3) is 0 Å². The lowest BCUT2D eigenvalue weighted by molar-refractivity contribution is 0.0939. The zero-order chi connectivity index (χ0) is 18.4. The van der Waals surface area contributed by atoms with Gasteiger partial charge in [0.05, 0.1) is 24.4 Å². The summed E-state index contributed by atoms with van der Waals surface area (Å²) in [6.07, 6.45) is 3.00. The number of amides is 1. The van der Waals surface area contributed by atoms with E-state index in [1.54, 1.807) is 7.11 Å². The fraction of sp³-hybridized carbons (Fsp3) is 0.150. The average Bonchev–Trinajstić information content (AvgIpc) is 2.69. The Morgan fingerprint density at radius 3 is 2.35 bits per heavy atom. The Labute approximate surface area is 152 Å². The monoisotopic (exact) mass is 348 g/mol. The molecule has 1 atom stereocenters. The van der Waals surface area contributed by atoms with Crippen LogP contribution in [0.3, 0.4) is 0 Å². The summed E-state index contributed by atoms with van der Waals surface area (Å²) >= 11 is 0. The fourth-order valence-electron chi connectivity index (χ4n) is 2.48. The third kappa shape index (κ3) is 4.16. The molecule has 1 unspecified atom stereocenters. The van der Waals surface area contributed by atoms with Gasteiger partial charge in [0.25, 0.3) is 5.91 Å². The number of carbonyl (C=O) groups is 1. The van der Waals surface area contributed by atoms with Crippen LogP contribution in [0.1, 0.15) is 28.9 Å². The molecule has 0 bridgehead atoms. The zero-order valence-electron chi connectivity index (χ0n) is 14.6. The summed E-state index contributed by atoms with van der Waals surface area (Å²) in [5, 5.41) is 6.02. The van der Waals surface area contributed by atoms with E-state index in [0.717, 1.165) is 11.3 Å². The van der Waals surface area contributed by atoms with Gasteiger partial charge in [-0.05, 0) is 24.6 Å². The first-order valence-electron chi connectivity index (χ1n) is 8.25. The van der Waals surface area contributed by atoms with Crippen molar-refractivity contribution in [2.45, 2.75) is 13.0 Å². The first-order valence-corrected chi connectivity index (χ1v) is 8.25. The van der Waals surface area contributed by atoms with Gasteiger partial charge in [0.1, 0.15) is 5.75 Å². The summed E-state index contributed by atoms with van der Waals surface area (Å²) in [6, 6.07) is 17.2. The molecule has 2 N–H and O–H groups in total. The molecule has 132 valence electrons. The lowest BCUT2D eigenvalue weighted by Crippen LogP contribution is -2.26. The molecular weight excluding hydrogens is 328 g/mol. The van der Waals surface area contributed by atoms with Crippen molar-refractivity contribution in [1.82, 2.24) is 15.3 Å². The van der Waals surface area contributed by atoms with E-state index in [1.165, 1.54) is 12.4 Å². The molecule has 0 aliphatic carbocycles. The maximum Gasteiger partial charge on any atom is 0.254 e. The van der Waals surface area contributed by atoms with Crippen LogP contribution in [0.4, 0.5) is 11.6 Å². The molecule has 2 aromatic carbocycles. The minimum absolute atomic E-state index is 0.102. The smallest absolute Gasteiger partial charge is 0.254 e. The van der Waals surface area contributed by atoms with Crippen LogP contribution in [-0.2, 0) is 0 Å². The normalized spacial score (nSPS) is 11.5. The van der Waals surface area contributed by atoms with Gasteiger partial charge in [0.2, 0.25) is 5.95 Å². The molecule has 0 saturated heterocycles. The van der Waals surface area contributed by atoms with E-state index < -0.39 is 0 Å². The third-order valence-electron chi connectivity index (χ3n) is 3.91. The summed E-state index contributed by atoms with van der Waals surface area (Å²) in [5.41, 5.74) is 2.19. The molecule has 0 aliphatic heterocycles. The highest BCUT2D eigenvalue weighted by Crippen LogP contribution is 2.25. The number of aromatic nitrogens is 2. The van der Waals surface area contributed by atoms with Crippen molar-refractivity contribution >= 4 is 17.5 Å². The number of methoxy groups -OCH3 is 1. The number of hydrogen-bond donors (Lipinski definition) is 2. The van der Waals surface area contributed by atoms with E-state index in [9.17, 15) is 4.79 Å². The molecule has 26 heavy (non-hydrogen) atoms. The van der Waals surface area contributed by atoms with E-state index in [0.29, 0.717) is 17.3 Å². The van der Waals surface area contributed by atoms with Gasteiger partial charge >= 0.3 is 0 Å². The van der Waals surface area contributed by atoms with Crippen LogP contribution >= 0.6 is 0 Å². The van der Waals surface area contributed by atoms with Gasteiger partial charge in [0.15, 0.2) is 0 Å². The number of nitrogens with zero attached hydrogens (tertiary/aromatic N) is 2. The second-order valence-electron chi connectivity index (χ2n) is 5.73. The van der Waals surface area contributed by atoms with Gasteiger partial charge in [-0.2, -0.15) is 0 Å². The second-order valence-corrected chi connectivity index (χ2v) is 5.73. The van der Waals surface area contributed by atoms with Gasteiger partial charge < -0.3 is 15.4 Å². The Hall–Kier alpha value is -3.41. The number of ether oxygens (including phenoxy) is 1. The number of benzene rings is 2. The molecule has 3 aromatic rings. The molecular formula is C20H20N4O2. The lowest BCUT2D eigenvalue weighted by Gasteiger charge is -2.14. The largest absolute Gasteiger partial charge is 0.495 e. The number of anilines is 2. The maximum atomic E-state index is 12.4. The Morgan fingerprint density at radius 1 is 1.00 bits per heavy atom. The highest BCUT2D eigenvalue weighted by Gasteiger charge is 2.12. The Balaban J connectivity index is 1.66. The van der Waals surface area contributed by atoms with E-state index >= 15 is 0 Å². The highest BCUT2D eigenvalue weighted by molar-refractivity contribution is 5.93. The molecule has 6 heteroatoms. The fourth-order valence-corrected chi connectivity index (χ4v) is 2.48. The summed E-state index contributed by atoms with van der Waals surface area (Å²) < 4.78 is 5.28. The summed E-state index contributed by atoms with van der Waals surface area (Å²) in [5.74, 6) is 0.863. The molecule has 0 saturated carbocycles. The van der Waals surface area contributed by atoms with Crippen molar-refractivity contribution in [3.63, 3.8) is 0 Å². The minimum Gasteiger partial charge on any atom is -0.495 e. The number of carbonyl (C=O) groups excluding carboxylic acids is 1. The van der Waals surface area contributed by atoms with Crippen molar-refractivity contribution in [3.8, 4) is 5.75 Å².